The molecule has 1 amide bonds. The summed E-state index contributed by atoms with van der Waals surface area (Å²) in [4.78, 5) is 21.7. The first-order chi connectivity index (χ1) is 16.2. The fourth-order valence-electron chi connectivity index (χ4n) is 3.41. The van der Waals surface area contributed by atoms with E-state index in [0.29, 0.717) is 28.5 Å². The predicted octanol–water partition coefficient (Wildman–Crippen LogP) is 1.98. The molecular weight excluding hydrogens is 441 g/mol. The predicted molar refractivity (Wildman–Crippen MR) is 128 cm³/mol. The second-order valence-electron chi connectivity index (χ2n) is 7.90. The number of benzene rings is 2. The lowest BCUT2D eigenvalue weighted by atomic mass is 10.1. The molecule has 2 aromatic carbocycles. The van der Waals surface area contributed by atoms with Gasteiger partial charge >= 0.3 is 6.01 Å². The molecule has 0 spiro atoms. The van der Waals surface area contributed by atoms with Crippen LogP contribution >= 0.6 is 0 Å². The number of carbonyl (C=O) groups excluding carboxylic acids is 1. The van der Waals surface area contributed by atoms with Gasteiger partial charge in [-0.05, 0) is 31.2 Å². The molecule has 0 fully saturated rings. The summed E-state index contributed by atoms with van der Waals surface area (Å²) in [7, 11) is 1.69. The van der Waals surface area contributed by atoms with Crippen LogP contribution in [-0.4, -0.2) is 50.7 Å². The van der Waals surface area contributed by atoms with E-state index in [1.807, 2.05) is 6.92 Å². The summed E-state index contributed by atoms with van der Waals surface area (Å²) in [6, 6.07) is 6.04. The van der Waals surface area contributed by atoms with Gasteiger partial charge in [-0.15, -0.1) is 0 Å². The van der Waals surface area contributed by atoms with Crippen LogP contribution in [0.1, 0.15) is 17.3 Å². The van der Waals surface area contributed by atoms with Crippen LogP contribution in [-0.2, 0) is 7.05 Å². The highest BCUT2D eigenvalue weighted by Gasteiger charge is 2.17. The number of fused-ring (bicyclic) bond motifs is 2. The van der Waals surface area contributed by atoms with Crippen molar-refractivity contribution in [1.82, 2.24) is 19.7 Å². The summed E-state index contributed by atoms with van der Waals surface area (Å²) in [5, 5.41) is 18.4. The van der Waals surface area contributed by atoms with Crippen molar-refractivity contribution < 1.29 is 13.9 Å². The van der Waals surface area contributed by atoms with Crippen molar-refractivity contribution in [3.05, 3.63) is 48.0 Å². The third-order valence-corrected chi connectivity index (χ3v) is 4.88. The van der Waals surface area contributed by atoms with Gasteiger partial charge in [-0.2, -0.15) is 10.1 Å². The number of rotatable bonds is 8. The third-order valence-electron chi connectivity index (χ3n) is 4.88. The maximum atomic E-state index is 14.5. The molecule has 1 atom stereocenters. The average molecular weight is 465 g/mol. The van der Waals surface area contributed by atoms with Gasteiger partial charge < -0.3 is 26.8 Å². The highest BCUT2D eigenvalue weighted by molar-refractivity contribution is 6.14. The molecule has 0 aliphatic carbocycles. The third kappa shape index (κ3) is 4.86. The minimum absolute atomic E-state index is 0.0380. The van der Waals surface area contributed by atoms with Gasteiger partial charge in [0.05, 0.1) is 11.1 Å². The van der Waals surface area contributed by atoms with Crippen LogP contribution in [0, 0.1) is 11.2 Å². The molecule has 11 nitrogen and oxygen atoms in total. The molecule has 2 aromatic heterocycles. The fourth-order valence-corrected chi connectivity index (χ4v) is 3.41. The molecule has 0 saturated carbocycles. The molecule has 0 radical (unpaired) electrons. The Hall–Kier alpha value is -4.32. The Morgan fingerprint density at radius 1 is 1.32 bits per heavy atom. The van der Waals surface area contributed by atoms with Gasteiger partial charge in [0.2, 0.25) is 0 Å². The molecule has 0 unspecified atom stereocenters. The number of hydrogen-bond donors (Lipinski definition) is 5. The summed E-state index contributed by atoms with van der Waals surface area (Å²) in [6.07, 6.45) is 3.17. The fraction of sp³-hybridized carbons (Fsp3) is 0.227. The molecule has 176 valence electrons. The molecule has 0 aliphatic heterocycles. The Morgan fingerprint density at radius 2 is 2.12 bits per heavy atom. The standard InChI is InChI=1S/C22H24FN9O2/c1-11(24)7-27-17-4-3-14(20-15(17)8-28-22(30-20)34-10-18(25)26)21(33)29-13-5-12-9-32(2)31-19(12)16(23)6-13/h3-6,8-9,11,27H,7,10,24H2,1-2H3,(H3,25,26)(H,29,33)/t11-/m0/s1. The quantitative estimate of drug-likeness (QED) is 0.194. The van der Waals surface area contributed by atoms with Crippen LogP contribution in [0.15, 0.2) is 36.7 Å². The Kier molecular flexibility index (Phi) is 6.23. The van der Waals surface area contributed by atoms with Crippen molar-refractivity contribution in [2.24, 2.45) is 18.5 Å². The van der Waals surface area contributed by atoms with Crippen molar-refractivity contribution in [1.29, 1.82) is 5.41 Å². The minimum atomic E-state index is -0.545. The van der Waals surface area contributed by atoms with Crippen molar-refractivity contribution in [2.45, 2.75) is 13.0 Å². The highest BCUT2D eigenvalue weighted by Crippen LogP contribution is 2.28. The molecule has 7 N–H and O–H groups in total. The van der Waals surface area contributed by atoms with Gasteiger partial charge in [-0.1, -0.05) is 0 Å². The average Bonchev–Trinajstić information content (AvgIpc) is 3.16. The lowest BCUT2D eigenvalue weighted by molar-refractivity contribution is 0.102. The van der Waals surface area contributed by atoms with Gasteiger partial charge in [-0.25, -0.2) is 9.37 Å². The second-order valence-corrected chi connectivity index (χ2v) is 7.90. The van der Waals surface area contributed by atoms with Crippen molar-refractivity contribution in [2.75, 3.05) is 23.8 Å². The van der Waals surface area contributed by atoms with E-state index in [0.717, 1.165) is 0 Å². The topological polar surface area (TPSA) is 170 Å². The van der Waals surface area contributed by atoms with Crippen LogP contribution in [0.25, 0.3) is 21.8 Å². The number of carbonyl (C=O) groups is 1. The number of nitrogens with two attached hydrogens (primary N) is 2. The van der Waals surface area contributed by atoms with E-state index < -0.39 is 11.7 Å². The maximum Gasteiger partial charge on any atom is 0.317 e. The van der Waals surface area contributed by atoms with Crippen molar-refractivity contribution >= 4 is 44.9 Å². The number of aromatic nitrogens is 4. The number of aryl methyl sites for hydroxylation is 1. The Labute approximate surface area is 193 Å². The van der Waals surface area contributed by atoms with Gasteiger partial charge in [0.25, 0.3) is 5.91 Å². The molecular formula is C22H24FN9O2. The minimum Gasteiger partial charge on any atom is -0.455 e. The number of halogens is 1. The molecule has 4 aromatic rings. The van der Waals surface area contributed by atoms with E-state index >= 15 is 0 Å². The molecule has 2 heterocycles. The first-order valence-corrected chi connectivity index (χ1v) is 10.4. The van der Waals surface area contributed by atoms with Gasteiger partial charge in [0.1, 0.15) is 18.0 Å². The number of amides is 1. The van der Waals surface area contributed by atoms with Crippen LogP contribution in [0.5, 0.6) is 6.01 Å². The Bertz CT molecular complexity index is 1400. The molecule has 12 heteroatoms. The van der Waals surface area contributed by atoms with E-state index in [-0.39, 0.29) is 41.3 Å². The zero-order valence-corrected chi connectivity index (χ0v) is 18.6. The van der Waals surface area contributed by atoms with Crippen LogP contribution < -0.4 is 26.8 Å². The maximum absolute atomic E-state index is 14.5. The molecule has 0 bridgehead atoms. The first-order valence-electron chi connectivity index (χ1n) is 10.4. The number of nitrogens with zero attached hydrogens (tertiary/aromatic N) is 4. The van der Waals surface area contributed by atoms with E-state index in [4.69, 9.17) is 21.6 Å². The lowest BCUT2D eigenvalue weighted by Gasteiger charge is -2.14. The SMILES string of the molecule is C[C@H](N)CNc1ccc(C(=O)Nc2cc(F)c3nn(C)cc3c2)c2nc(OCC(=N)N)ncc12. The summed E-state index contributed by atoms with van der Waals surface area (Å²) < 4.78 is 21.3. The molecule has 4 rings (SSSR count). The normalized spacial score (nSPS) is 12.0. The number of nitrogens with one attached hydrogen (secondary N) is 3. The van der Waals surface area contributed by atoms with Crippen molar-refractivity contribution in [3.8, 4) is 6.01 Å². The molecule has 34 heavy (non-hydrogen) atoms. The number of hydrogen-bond acceptors (Lipinski definition) is 8. The van der Waals surface area contributed by atoms with Gasteiger partial charge in [0, 0.05) is 54.2 Å². The van der Waals surface area contributed by atoms with E-state index in [1.165, 1.54) is 16.9 Å². The second kappa shape index (κ2) is 9.27. The summed E-state index contributed by atoms with van der Waals surface area (Å²) in [5.41, 5.74) is 12.9. The monoisotopic (exact) mass is 465 g/mol. The van der Waals surface area contributed by atoms with Gasteiger partial charge in [0.15, 0.2) is 5.82 Å². The Balaban J connectivity index is 1.72. The number of ether oxygens (including phenoxy) is 1. The molecule has 0 saturated heterocycles. The smallest absolute Gasteiger partial charge is 0.317 e. The summed E-state index contributed by atoms with van der Waals surface area (Å²) >= 11 is 0. The van der Waals surface area contributed by atoms with E-state index in [9.17, 15) is 9.18 Å². The highest BCUT2D eigenvalue weighted by atomic mass is 19.1. The summed E-state index contributed by atoms with van der Waals surface area (Å²) in [5.74, 6) is -1.24. The zero-order chi connectivity index (χ0) is 24.4. The summed E-state index contributed by atoms with van der Waals surface area (Å²) in [6.45, 7) is 2.16. The first kappa shape index (κ1) is 22.9. The lowest BCUT2D eigenvalue weighted by Crippen LogP contribution is -2.25. The van der Waals surface area contributed by atoms with Gasteiger partial charge in [-0.3, -0.25) is 14.9 Å². The number of anilines is 2. The number of amidine groups is 1. The van der Waals surface area contributed by atoms with Crippen molar-refractivity contribution in [3.63, 3.8) is 0 Å². The Morgan fingerprint density at radius 3 is 2.85 bits per heavy atom. The van der Waals surface area contributed by atoms with Crippen LogP contribution in [0.2, 0.25) is 0 Å². The van der Waals surface area contributed by atoms with Crippen LogP contribution in [0.4, 0.5) is 15.8 Å². The van der Waals surface area contributed by atoms with Crippen LogP contribution in [0.3, 0.4) is 0 Å². The van der Waals surface area contributed by atoms with E-state index in [1.54, 1.807) is 31.4 Å². The van der Waals surface area contributed by atoms with E-state index in [2.05, 4.69) is 25.7 Å². The zero-order valence-electron chi connectivity index (χ0n) is 18.6. The largest absolute Gasteiger partial charge is 0.455 e. The molecule has 0 aliphatic rings.